The lowest BCUT2D eigenvalue weighted by Crippen LogP contribution is -2.10. The minimum atomic E-state index is -4.55. The molecule has 1 aromatic carbocycles. The molecule has 7 heteroatoms. The number of rotatable bonds is 3. The molecule has 0 bridgehead atoms. The number of carboxylic acids is 1. The molecule has 4 nitrogen and oxygen atoms in total. The topological polar surface area (TPSA) is 55.1 Å². The van der Waals surface area contributed by atoms with Gasteiger partial charge in [0.2, 0.25) is 0 Å². The molecule has 2 rings (SSSR count). The molecule has 0 radical (unpaired) electrons. The SMILES string of the molecule is O=C(O)/C=C/c1ccc(-n2ccnc2)c(C(F)(F)F)c1. The lowest BCUT2D eigenvalue weighted by atomic mass is 10.1. The zero-order valence-corrected chi connectivity index (χ0v) is 10.0. The van der Waals surface area contributed by atoms with Gasteiger partial charge in [-0.1, -0.05) is 6.07 Å². The van der Waals surface area contributed by atoms with Crippen LogP contribution in [-0.4, -0.2) is 20.6 Å². The van der Waals surface area contributed by atoms with Crippen LogP contribution in [0.5, 0.6) is 0 Å². The number of aliphatic carboxylic acids is 1. The molecule has 0 aliphatic rings. The Bertz CT molecular complexity index is 646. The van der Waals surface area contributed by atoms with Crippen molar-refractivity contribution in [3.8, 4) is 5.69 Å². The summed E-state index contributed by atoms with van der Waals surface area (Å²) in [5, 5.41) is 8.49. The number of hydrogen-bond donors (Lipinski definition) is 1. The Labute approximate surface area is 111 Å². The first-order chi connectivity index (χ1) is 9.38. The maximum atomic E-state index is 13.0. The first-order valence-electron chi connectivity index (χ1n) is 5.48. The van der Waals surface area contributed by atoms with E-state index in [0.29, 0.717) is 0 Å². The molecule has 0 saturated heterocycles. The van der Waals surface area contributed by atoms with Crippen LogP contribution in [0.4, 0.5) is 13.2 Å². The van der Waals surface area contributed by atoms with Gasteiger partial charge in [0, 0.05) is 18.5 Å². The molecule has 1 aromatic heterocycles. The Balaban J connectivity index is 2.52. The van der Waals surface area contributed by atoms with E-state index in [0.717, 1.165) is 18.2 Å². The lowest BCUT2D eigenvalue weighted by molar-refractivity contribution is -0.137. The molecule has 0 unspecified atom stereocenters. The molecule has 0 amide bonds. The van der Waals surface area contributed by atoms with E-state index >= 15 is 0 Å². The molecular formula is C13H9F3N2O2. The molecule has 20 heavy (non-hydrogen) atoms. The summed E-state index contributed by atoms with van der Waals surface area (Å²) in [4.78, 5) is 14.1. The third kappa shape index (κ3) is 3.05. The Morgan fingerprint density at radius 2 is 2.10 bits per heavy atom. The van der Waals surface area contributed by atoms with Crippen LogP contribution in [0.25, 0.3) is 11.8 Å². The molecule has 1 N–H and O–H groups in total. The van der Waals surface area contributed by atoms with E-state index in [1.165, 1.54) is 35.4 Å². The minimum Gasteiger partial charge on any atom is -0.478 e. The fourth-order valence-corrected chi connectivity index (χ4v) is 1.68. The highest BCUT2D eigenvalue weighted by Gasteiger charge is 2.34. The van der Waals surface area contributed by atoms with E-state index in [4.69, 9.17) is 5.11 Å². The van der Waals surface area contributed by atoms with Crippen LogP contribution >= 0.6 is 0 Å². The quantitative estimate of drug-likeness (QED) is 0.880. The normalized spacial score (nSPS) is 11.9. The molecule has 104 valence electrons. The van der Waals surface area contributed by atoms with Crippen molar-refractivity contribution in [3.05, 3.63) is 54.1 Å². The summed E-state index contributed by atoms with van der Waals surface area (Å²) in [7, 11) is 0. The lowest BCUT2D eigenvalue weighted by Gasteiger charge is -2.14. The van der Waals surface area contributed by atoms with Crippen LogP contribution in [0.15, 0.2) is 43.0 Å². The van der Waals surface area contributed by atoms with Crippen molar-refractivity contribution in [1.82, 2.24) is 9.55 Å². The van der Waals surface area contributed by atoms with Crippen molar-refractivity contribution in [2.45, 2.75) is 6.18 Å². The molecule has 1 heterocycles. The second kappa shape index (κ2) is 5.20. The first-order valence-corrected chi connectivity index (χ1v) is 5.48. The van der Waals surface area contributed by atoms with Crippen LogP contribution in [0, 0.1) is 0 Å². The summed E-state index contributed by atoms with van der Waals surface area (Å²) < 4.78 is 40.4. The first kappa shape index (κ1) is 13.9. The van der Waals surface area contributed by atoms with E-state index in [9.17, 15) is 18.0 Å². The molecule has 0 atom stereocenters. The van der Waals surface area contributed by atoms with Gasteiger partial charge >= 0.3 is 12.1 Å². The summed E-state index contributed by atoms with van der Waals surface area (Å²) in [6.45, 7) is 0. The van der Waals surface area contributed by atoms with Crippen LogP contribution in [0.3, 0.4) is 0 Å². The Morgan fingerprint density at radius 3 is 2.65 bits per heavy atom. The third-order valence-corrected chi connectivity index (χ3v) is 2.53. The fraction of sp³-hybridized carbons (Fsp3) is 0.0769. The second-order valence-electron chi connectivity index (χ2n) is 3.92. The van der Waals surface area contributed by atoms with Gasteiger partial charge in [-0.25, -0.2) is 9.78 Å². The maximum absolute atomic E-state index is 13.0. The van der Waals surface area contributed by atoms with Crippen LogP contribution in [-0.2, 0) is 11.0 Å². The van der Waals surface area contributed by atoms with Gasteiger partial charge < -0.3 is 9.67 Å². The smallest absolute Gasteiger partial charge is 0.418 e. The summed E-state index contributed by atoms with van der Waals surface area (Å²) in [5.74, 6) is -1.22. The van der Waals surface area contributed by atoms with Crippen molar-refractivity contribution in [3.63, 3.8) is 0 Å². The van der Waals surface area contributed by atoms with Gasteiger partial charge in [0.25, 0.3) is 0 Å². The predicted octanol–water partition coefficient (Wildman–Crippen LogP) is 2.99. The van der Waals surface area contributed by atoms with Crippen molar-refractivity contribution in [2.75, 3.05) is 0 Å². The minimum absolute atomic E-state index is 0.0672. The summed E-state index contributed by atoms with van der Waals surface area (Å²) >= 11 is 0. The summed E-state index contributed by atoms with van der Waals surface area (Å²) in [6.07, 6.45) is 1.38. The maximum Gasteiger partial charge on any atom is 0.418 e. The number of aromatic nitrogens is 2. The Hall–Kier alpha value is -2.57. The number of benzene rings is 1. The van der Waals surface area contributed by atoms with Crippen molar-refractivity contribution >= 4 is 12.0 Å². The highest BCUT2D eigenvalue weighted by Crippen LogP contribution is 2.34. The van der Waals surface area contributed by atoms with E-state index in [1.807, 2.05) is 0 Å². The fourth-order valence-electron chi connectivity index (χ4n) is 1.68. The van der Waals surface area contributed by atoms with Crippen LogP contribution in [0.2, 0.25) is 0 Å². The highest BCUT2D eigenvalue weighted by molar-refractivity contribution is 5.85. The number of carbonyl (C=O) groups is 1. The van der Waals surface area contributed by atoms with E-state index < -0.39 is 17.7 Å². The third-order valence-electron chi connectivity index (χ3n) is 2.53. The highest BCUT2D eigenvalue weighted by atomic mass is 19.4. The Morgan fingerprint density at radius 1 is 1.35 bits per heavy atom. The van der Waals surface area contributed by atoms with Gasteiger partial charge in [-0.2, -0.15) is 13.2 Å². The number of imidazole rings is 1. The number of nitrogens with zero attached hydrogens (tertiary/aromatic N) is 2. The van der Waals surface area contributed by atoms with Gasteiger partial charge in [0.05, 0.1) is 17.6 Å². The van der Waals surface area contributed by atoms with Crippen molar-refractivity contribution in [2.24, 2.45) is 0 Å². The monoisotopic (exact) mass is 282 g/mol. The standard InChI is InChI=1S/C13H9F3N2O2/c14-13(15,16)10-7-9(2-4-12(19)20)1-3-11(10)18-6-5-17-8-18/h1-8H,(H,19,20)/b4-2+. The molecule has 0 aliphatic carbocycles. The zero-order chi connectivity index (χ0) is 14.8. The molecule has 0 aliphatic heterocycles. The van der Waals surface area contributed by atoms with Gasteiger partial charge in [-0.3, -0.25) is 0 Å². The number of alkyl halides is 3. The van der Waals surface area contributed by atoms with Crippen molar-refractivity contribution < 1.29 is 23.1 Å². The van der Waals surface area contributed by atoms with Crippen LogP contribution in [0.1, 0.15) is 11.1 Å². The van der Waals surface area contributed by atoms with Gasteiger partial charge in [0.15, 0.2) is 0 Å². The van der Waals surface area contributed by atoms with E-state index in [-0.39, 0.29) is 11.3 Å². The van der Waals surface area contributed by atoms with Crippen molar-refractivity contribution in [1.29, 1.82) is 0 Å². The molecular weight excluding hydrogens is 273 g/mol. The Kier molecular flexibility index (Phi) is 3.60. The molecule has 2 aromatic rings. The number of carboxylic acid groups (broad SMARTS) is 1. The number of hydrogen-bond acceptors (Lipinski definition) is 2. The number of halogens is 3. The summed E-state index contributed by atoms with van der Waals surface area (Å²) in [6, 6.07) is 3.57. The summed E-state index contributed by atoms with van der Waals surface area (Å²) in [5.41, 5.74) is -0.769. The molecule has 0 saturated carbocycles. The van der Waals surface area contributed by atoms with Gasteiger partial charge in [-0.15, -0.1) is 0 Å². The zero-order valence-electron chi connectivity index (χ0n) is 10.0. The van der Waals surface area contributed by atoms with E-state index in [2.05, 4.69) is 4.98 Å². The van der Waals surface area contributed by atoms with Gasteiger partial charge in [-0.05, 0) is 23.8 Å². The molecule has 0 fully saturated rings. The predicted molar refractivity (Wildman–Crippen MR) is 65.2 cm³/mol. The van der Waals surface area contributed by atoms with E-state index in [1.54, 1.807) is 0 Å². The van der Waals surface area contributed by atoms with Crippen LogP contribution < -0.4 is 0 Å². The molecule has 0 spiro atoms. The largest absolute Gasteiger partial charge is 0.478 e. The van der Waals surface area contributed by atoms with Gasteiger partial charge in [0.1, 0.15) is 0 Å². The average Bonchev–Trinajstić information content (AvgIpc) is 2.88. The second-order valence-corrected chi connectivity index (χ2v) is 3.92. The average molecular weight is 282 g/mol.